The Balaban J connectivity index is 1.77. The van der Waals surface area contributed by atoms with E-state index in [2.05, 4.69) is 46.4 Å². The molecule has 2 rings (SSSR count). The molecule has 8 heteroatoms. The van der Waals surface area contributed by atoms with Crippen LogP contribution in [0.2, 0.25) is 0 Å². The highest BCUT2D eigenvalue weighted by atomic mass is 32.2. The largest absolute Gasteiger partial charge is 0.378 e. The Hall–Kier alpha value is -1.64. The highest BCUT2D eigenvalue weighted by Crippen LogP contribution is 2.09. The molecular weight excluding hydrogens is 376 g/mol. The number of hydrogen-bond donors (Lipinski definition) is 1. The lowest BCUT2D eigenvalue weighted by atomic mass is 10.1. The molecule has 0 aliphatic carbocycles. The third-order valence-corrected chi connectivity index (χ3v) is 6.59. The van der Waals surface area contributed by atoms with E-state index in [1.165, 1.54) is 11.1 Å². The molecule has 0 radical (unpaired) electrons. The van der Waals surface area contributed by atoms with Crippen LogP contribution < -0.4 is 5.32 Å². The third-order valence-electron chi connectivity index (χ3n) is 4.75. The second-order valence-electron chi connectivity index (χ2n) is 7.33. The van der Waals surface area contributed by atoms with E-state index in [4.69, 9.17) is 4.74 Å². The Morgan fingerprint density at radius 1 is 1.18 bits per heavy atom. The van der Waals surface area contributed by atoms with Gasteiger partial charge in [0.25, 0.3) is 0 Å². The van der Waals surface area contributed by atoms with Gasteiger partial charge in [0.2, 0.25) is 10.0 Å². The van der Waals surface area contributed by atoms with Gasteiger partial charge in [-0.05, 0) is 32.8 Å². The van der Waals surface area contributed by atoms with Gasteiger partial charge in [0.1, 0.15) is 0 Å². The molecule has 1 heterocycles. The summed E-state index contributed by atoms with van der Waals surface area (Å²) in [5, 5.41) is 3.39. The molecule has 1 saturated heterocycles. The summed E-state index contributed by atoms with van der Waals surface area (Å²) in [4.78, 5) is 6.47. The Morgan fingerprint density at radius 2 is 1.82 bits per heavy atom. The number of hydrogen-bond acceptors (Lipinski definition) is 4. The van der Waals surface area contributed by atoms with Gasteiger partial charge in [0, 0.05) is 39.8 Å². The van der Waals surface area contributed by atoms with Crippen LogP contribution in [0.25, 0.3) is 0 Å². The summed E-state index contributed by atoms with van der Waals surface area (Å²) >= 11 is 0. The SMILES string of the molecule is CN=C(NCCc1ccc(C)cc1)N1CCN(S(=O)(=O)CCOC(C)C)CC1. The number of aryl methyl sites for hydroxylation is 1. The van der Waals surface area contributed by atoms with Crippen molar-refractivity contribution in [2.45, 2.75) is 33.3 Å². The van der Waals surface area contributed by atoms with Crippen LogP contribution in [0.4, 0.5) is 0 Å². The maximum Gasteiger partial charge on any atom is 0.216 e. The third kappa shape index (κ3) is 7.07. The minimum Gasteiger partial charge on any atom is -0.378 e. The van der Waals surface area contributed by atoms with E-state index in [-0.39, 0.29) is 18.5 Å². The Kier molecular flexibility index (Phi) is 8.72. The van der Waals surface area contributed by atoms with E-state index < -0.39 is 10.0 Å². The maximum absolute atomic E-state index is 12.4. The number of piperazine rings is 1. The first kappa shape index (κ1) is 22.6. The quantitative estimate of drug-likeness (QED) is 0.519. The van der Waals surface area contributed by atoms with E-state index in [0.29, 0.717) is 26.2 Å². The summed E-state index contributed by atoms with van der Waals surface area (Å²) in [7, 11) is -1.51. The van der Waals surface area contributed by atoms with Gasteiger partial charge in [-0.3, -0.25) is 4.99 Å². The standard InChI is InChI=1S/C20H34N4O3S/c1-17(2)27-15-16-28(25,26)24-13-11-23(12-14-24)20(21-4)22-10-9-19-7-5-18(3)6-8-19/h5-8,17H,9-16H2,1-4H3,(H,21,22). The van der Waals surface area contributed by atoms with E-state index in [1.54, 1.807) is 11.4 Å². The van der Waals surface area contributed by atoms with Gasteiger partial charge in [0.05, 0.1) is 18.5 Å². The average molecular weight is 411 g/mol. The molecule has 7 nitrogen and oxygen atoms in total. The van der Waals surface area contributed by atoms with Crippen LogP contribution in [0.15, 0.2) is 29.3 Å². The molecule has 1 aromatic carbocycles. The van der Waals surface area contributed by atoms with Crippen molar-refractivity contribution in [2.24, 2.45) is 4.99 Å². The lowest BCUT2D eigenvalue weighted by Gasteiger charge is -2.35. The number of guanidine groups is 1. The highest BCUT2D eigenvalue weighted by molar-refractivity contribution is 7.89. The van der Waals surface area contributed by atoms with Gasteiger partial charge in [-0.1, -0.05) is 29.8 Å². The predicted molar refractivity (Wildman–Crippen MR) is 114 cm³/mol. The van der Waals surface area contributed by atoms with Crippen molar-refractivity contribution in [3.63, 3.8) is 0 Å². The zero-order valence-electron chi connectivity index (χ0n) is 17.5. The molecular formula is C20H34N4O3S. The van der Waals surface area contributed by atoms with Crippen LogP contribution in [0, 0.1) is 6.92 Å². The molecule has 0 spiro atoms. The zero-order valence-corrected chi connectivity index (χ0v) is 18.3. The molecule has 0 bridgehead atoms. The molecule has 28 heavy (non-hydrogen) atoms. The molecule has 0 unspecified atom stereocenters. The molecule has 1 aromatic rings. The second kappa shape index (κ2) is 10.8. The molecule has 158 valence electrons. The monoisotopic (exact) mass is 410 g/mol. The fraction of sp³-hybridized carbons (Fsp3) is 0.650. The molecule has 0 amide bonds. The van der Waals surface area contributed by atoms with Crippen LogP contribution in [-0.4, -0.2) is 81.8 Å². The van der Waals surface area contributed by atoms with Crippen LogP contribution in [0.3, 0.4) is 0 Å². The van der Waals surface area contributed by atoms with Crippen LogP contribution in [-0.2, 0) is 21.2 Å². The van der Waals surface area contributed by atoms with Crippen molar-refractivity contribution in [1.82, 2.24) is 14.5 Å². The first-order valence-electron chi connectivity index (χ1n) is 9.92. The van der Waals surface area contributed by atoms with Gasteiger partial charge in [-0.25, -0.2) is 8.42 Å². The summed E-state index contributed by atoms with van der Waals surface area (Å²) < 4.78 is 31.8. The molecule has 1 aliphatic heterocycles. The normalized spacial score (nSPS) is 16.6. The number of nitrogens with one attached hydrogen (secondary N) is 1. The van der Waals surface area contributed by atoms with Gasteiger partial charge in [-0.2, -0.15) is 4.31 Å². The molecule has 0 aromatic heterocycles. The molecule has 1 aliphatic rings. The predicted octanol–water partition coefficient (Wildman–Crippen LogP) is 1.49. The fourth-order valence-electron chi connectivity index (χ4n) is 3.10. The second-order valence-corrected chi connectivity index (χ2v) is 9.42. The number of rotatable bonds is 8. The summed E-state index contributed by atoms with van der Waals surface area (Å²) in [6.07, 6.45) is 0.963. The summed E-state index contributed by atoms with van der Waals surface area (Å²) in [5.41, 5.74) is 2.55. The van der Waals surface area contributed by atoms with Crippen molar-refractivity contribution < 1.29 is 13.2 Å². The van der Waals surface area contributed by atoms with Crippen LogP contribution >= 0.6 is 0 Å². The van der Waals surface area contributed by atoms with Gasteiger partial charge < -0.3 is 15.0 Å². The first-order valence-corrected chi connectivity index (χ1v) is 11.5. The Bertz CT molecular complexity index is 724. The Labute approximate surface area is 169 Å². The highest BCUT2D eigenvalue weighted by Gasteiger charge is 2.27. The molecule has 0 saturated carbocycles. The topological polar surface area (TPSA) is 74.2 Å². The number of ether oxygens (including phenoxy) is 1. The minimum atomic E-state index is -3.27. The van der Waals surface area contributed by atoms with E-state index in [0.717, 1.165) is 18.9 Å². The zero-order chi connectivity index (χ0) is 20.6. The fourth-order valence-corrected chi connectivity index (χ4v) is 4.39. The van der Waals surface area contributed by atoms with E-state index in [9.17, 15) is 8.42 Å². The van der Waals surface area contributed by atoms with Crippen molar-refractivity contribution >= 4 is 16.0 Å². The van der Waals surface area contributed by atoms with Crippen molar-refractivity contribution in [3.05, 3.63) is 35.4 Å². The Morgan fingerprint density at radius 3 is 2.39 bits per heavy atom. The number of aliphatic imine (C=N–C) groups is 1. The number of sulfonamides is 1. The first-order chi connectivity index (χ1) is 13.3. The van der Waals surface area contributed by atoms with Crippen LogP contribution in [0.5, 0.6) is 0 Å². The van der Waals surface area contributed by atoms with Gasteiger partial charge in [0.15, 0.2) is 5.96 Å². The lowest BCUT2D eigenvalue weighted by Crippen LogP contribution is -2.54. The van der Waals surface area contributed by atoms with E-state index in [1.807, 2.05) is 13.8 Å². The summed E-state index contributed by atoms with van der Waals surface area (Å²) in [6, 6.07) is 8.53. The smallest absolute Gasteiger partial charge is 0.216 e. The minimum absolute atomic E-state index is 0.0364. The summed E-state index contributed by atoms with van der Waals surface area (Å²) in [6.45, 7) is 9.14. The van der Waals surface area contributed by atoms with Crippen molar-refractivity contribution in [2.75, 3.05) is 52.1 Å². The average Bonchev–Trinajstić information content (AvgIpc) is 2.66. The van der Waals surface area contributed by atoms with Crippen molar-refractivity contribution in [3.8, 4) is 0 Å². The number of nitrogens with zero attached hydrogens (tertiary/aromatic N) is 3. The van der Waals surface area contributed by atoms with E-state index >= 15 is 0 Å². The summed E-state index contributed by atoms with van der Waals surface area (Å²) in [5.74, 6) is 0.863. The lowest BCUT2D eigenvalue weighted by molar-refractivity contribution is 0.0904. The number of benzene rings is 1. The molecule has 1 N–H and O–H groups in total. The van der Waals surface area contributed by atoms with Gasteiger partial charge in [-0.15, -0.1) is 0 Å². The van der Waals surface area contributed by atoms with Crippen LogP contribution in [0.1, 0.15) is 25.0 Å². The van der Waals surface area contributed by atoms with Crippen molar-refractivity contribution in [1.29, 1.82) is 0 Å². The van der Waals surface area contributed by atoms with Gasteiger partial charge >= 0.3 is 0 Å². The molecule has 0 atom stereocenters. The molecule has 1 fully saturated rings. The maximum atomic E-state index is 12.4.